The van der Waals surface area contributed by atoms with Gasteiger partial charge in [-0.1, -0.05) is 101 Å². The summed E-state index contributed by atoms with van der Waals surface area (Å²) in [5, 5.41) is 8.67. The fraction of sp³-hybridized carbons (Fsp3) is 0.235. The molecule has 208 valence electrons. The van der Waals surface area contributed by atoms with E-state index in [1.54, 1.807) is 0 Å². The molecule has 4 aromatic carbocycles. The van der Waals surface area contributed by atoms with E-state index in [9.17, 15) is 0 Å². The van der Waals surface area contributed by atoms with Gasteiger partial charge in [0, 0.05) is 4.47 Å². The molecule has 6 heteroatoms. The first-order valence-corrected chi connectivity index (χ1v) is 14.2. The first kappa shape index (κ1) is 29.7. The van der Waals surface area contributed by atoms with Gasteiger partial charge in [0.05, 0.1) is 46.2 Å². The number of hydrogen-bond donors (Lipinski definition) is 1. The second-order valence-corrected chi connectivity index (χ2v) is 9.84. The van der Waals surface area contributed by atoms with Gasteiger partial charge < -0.3 is 24.1 Å². The number of halogens is 1. The molecule has 0 heterocycles. The van der Waals surface area contributed by atoms with Gasteiger partial charge in [0.2, 0.25) is 0 Å². The van der Waals surface area contributed by atoms with Crippen LogP contribution in [0, 0.1) is 0 Å². The second kappa shape index (κ2) is 16.8. The van der Waals surface area contributed by atoms with E-state index in [2.05, 4.69) is 101 Å². The lowest BCUT2D eigenvalue weighted by atomic mass is 9.86. The van der Waals surface area contributed by atoms with Crippen molar-refractivity contribution in [1.29, 1.82) is 0 Å². The Hall–Kier alpha value is -3.26. The SMILES string of the molecule is OCCOCCOCCOCCOc1ccc(/C(=C(\c2ccccc2)c2ccc(Br)cc2)c2ccccc2)cc1. The fourth-order valence-electron chi connectivity index (χ4n) is 4.28. The van der Waals surface area contributed by atoms with Gasteiger partial charge in [0.25, 0.3) is 0 Å². The van der Waals surface area contributed by atoms with Crippen LogP contribution in [-0.4, -0.2) is 58.0 Å². The molecule has 0 saturated heterocycles. The van der Waals surface area contributed by atoms with Crippen molar-refractivity contribution in [3.63, 3.8) is 0 Å². The third-order valence-electron chi connectivity index (χ3n) is 6.13. The molecule has 0 fully saturated rings. The zero-order valence-corrected chi connectivity index (χ0v) is 24.1. The first-order valence-electron chi connectivity index (χ1n) is 13.4. The van der Waals surface area contributed by atoms with Gasteiger partial charge in [0.15, 0.2) is 0 Å². The first-order chi connectivity index (χ1) is 19.8. The molecule has 0 aliphatic heterocycles. The van der Waals surface area contributed by atoms with Crippen LogP contribution in [0.2, 0.25) is 0 Å². The summed E-state index contributed by atoms with van der Waals surface area (Å²) in [7, 11) is 0. The maximum Gasteiger partial charge on any atom is 0.119 e. The van der Waals surface area contributed by atoms with Gasteiger partial charge in [-0.2, -0.15) is 0 Å². The van der Waals surface area contributed by atoms with Crippen LogP contribution in [0.25, 0.3) is 11.1 Å². The van der Waals surface area contributed by atoms with Gasteiger partial charge in [-0.25, -0.2) is 0 Å². The van der Waals surface area contributed by atoms with Gasteiger partial charge in [-0.05, 0) is 57.7 Å². The Balaban J connectivity index is 1.47. The van der Waals surface area contributed by atoms with Crippen LogP contribution in [-0.2, 0) is 14.2 Å². The van der Waals surface area contributed by atoms with E-state index >= 15 is 0 Å². The topological polar surface area (TPSA) is 57.2 Å². The van der Waals surface area contributed by atoms with Crippen LogP contribution >= 0.6 is 15.9 Å². The van der Waals surface area contributed by atoms with Crippen molar-refractivity contribution in [2.45, 2.75) is 0 Å². The van der Waals surface area contributed by atoms with E-state index < -0.39 is 0 Å². The molecule has 4 rings (SSSR count). The van der Waals surface area contributed by atoms with Crippen molar-refractivity contribution in [2.75, 3.05) is 52.9 Å². The molecule has 4 aromatic rings. The Labute approximate surface area is 245 Å². The Morgan fingerprint density at radius 1 is 0.475 bits per heavy atom. The summed E-state index contributed by atoms with van der Waals surface area (Å²) in [5.41, 5.74) is 6.88. The summed E-state index contributed by atoms with van der Waals surface area (Å²) < 4.78 is 23.2. The number of aliphatic hydroxyl groups excluding tert-OH is 1. The minimum absolute atomic E-state index is 0.0253. The Morgan fingerprint density at radius 2 is 0.875 bits per heavy atom. The summed E-state index contributed by atoms with van der Waals surface area (Å²) in [4.78, 5) is 0. The lowest BCUT2D eigenvalue weighted by molar-refractivity contribution is 0.00361. The monoisotopic (exact) mass is 602 g/mol. The summed E-state index contributed by atoms with van der Waals surface area (Å²) >= 11 is 3.58. The number of hydrogen-bond acceptors (Lipinski definition) is 5. The highest BCUT2D eigenvalue weighted by Crippen LogP contribution is 2.37. The van der Waals surface area contributed by atoms with E-state index in [0.717, 1.165) is 38.0 Å². The van der Waals surface area contributed by atoms with Crippen molar-refractivity contribution in [3.8, 4) is 5.75 Å². The van der Waals surface area contributed by atoms with Gasteiger partial charge in [0.1, 0.15) is 12.4 Å². The number of rotatable bonds is 16. The highest BCUT2D eigenvalue weighted by molar-refractivity contribution is 9.10. The van der Waals surface area contributed by atoms with Gasteiger partial charge >= 0.3 is 0 Å². The lowest BCUT2D eigenvalue weighted by Gasteiger charge is -2.18. The average Bonchev–Trinajstić information content (AvgIpc) is 3.00. The van der Waals surface area contributed by atoms with Crippen molar-refractivity contribution in [2.24, 2.45) is 0 Å². The lowest BCUT2D eigenvalue weighted by Crippen LogP contribution is -2.13. The van der Waals surface area contributed by atoms with Crippen molar-refractivity contribution in [3.05, 3.63) is 136 Å². The van der Waals surface area contributed by atoms with Crippen molar-refractivity contribution < 1.29 is 24.1 Å². The molecule has 0 bridgehead atoms. The standard InChI is InChI=1S/C34H35BrO5/c35-31-15-11-29(12-16-31)33(27-7-3-1-4-8-27)34(28-9-5-2-6-10-28)30-13-17-32(18-14-30)40-26-25-39-24-23-38-22-21-37-20-19-36/h1-18,36H,19-26H2/b34-33+. The predicted octanol–water partition coefficient (Wildman–Crippen LogP) is 6.88. The summed E-state index contributed by atoms with van der Waals surface area (Å²) in [5.74, 6) is 0.793. The molecule has 0 aliphatic rings. The highest BCUT2D eigenvalue weighted by atomic mass is 79.9. The van der Waals surface area contributed by atoms with Crippen LogP contribution in [0.15, 0.2) is 114 Å². The average molecular weight is 604 g/mol. The van der Waals surface area contributed by atoms with Crippen molar-refractivity contribution >= 4 is 27.1 Å². The highest BCUT2D eigenvalue weighted by Gasteiger charge is 2.16. The summed E-state index contributed by atoms with van der Waals surface area (Å²) in [6.45, 7) is 3.23. The largest absolute Gasteiger partial charge is 0.491 e. The van der Waals surface area contributed by atoms with Crippen LogP contribution in [0.4, 0.5) is 0 Å². The summed E-state index contributed by atoms with van der Waals surface area (Å²) in [6, 6.07) is 37.8. The zero-order valence-electron chi connectivity index (χ0n) is 22.5. The van der Waals surface area contributed by atoms with Crippen LogP contribution in [0.3, 0.4) is 0 Å². The molecule has 0 atom stereocenters. The van der Waals surface area contributed by atoms with Gasteiger partial charge in [-0.3, -0.25) is 0 Å². The minimum atomic E-state index is 0.0253. The molecule has 0 unspecified atom stereocenters. The molecule has 40 heavy (non-hydrogen) atoms. The number of aliphatic hydroxyl groups is 1. The Morgan fingerprint density at radius 3 is 1.35 bits per heavy atom. The van der Waals surface area contributed by atoms with E-state index in [4.69, 9.17) is 24.1 Å². The quantitative estimate of drug-likeness (QED) is 0.112. The molecule has 0 radical (unpaired) electrons. The van der Waals surface area contributed by atoms with Crippen molar-refractivity contribution in [1.82, 2.24) is 0 Å². The molecule has 0 amide bonds. The minimum Gasteiger partial charge on any atom is -0.491 e. The fourth-order valence-corrected chi connectivity index (χ4v) is 4.54. The zero-order chi connectivity index (χ0) is 27.8. The Bertz CT molecular complexity index is 1290. The maximum absolute atomic E-state index is 8.67. The molecule has 5 nitrogen and oxygen atoms in total. The van der Waals surface area contributed by atoms with E-state index in [-0.39, 0.29) is 6.61 Å². The molecular weight excluding hydrogens is 568 g/mol. The molecule has 0 aliphatic carbocycles. The molecule has 0 saturated carbocycles. The predicted molar refractivity (Wildman–Crippen MR) is 164 cm³/mol. The summed E-state index contributed by atoms with van der Waals surface area (Å²) in [6.07, 6.45) is 0. The molecule has 0 spiro atoms. The van der Waals surface area contributed by atoms with E-state index in [1.807, 2.05) is 24.3 Å². The third kappa shape index (κ3) is 9.15. The van der Waals surface area contributed by atoms with Crippen LogP contribution < -0.4 is 4.74 Å². The van der Waals surface area contributed by atoms with E-state index in [1.165, 1.54) is 5.57 Å². The van der Waals surface area contributed by atoms with Gasteiger partial charge in [-0.15, -0.1) is 0 Å². The molecule has 1 N–H and O–H groups in total. The van der Waals surface area contributed by atoms with E-state index in [0.29, 0.717) is 46.2 Å². The Kier molecular flexibility index (Phi) is 12.4. The number of ether oxygens (including phenoxy) is 4. The molecular formula is C34H35BrO5. The van der Waals surface area contributed by atoms with Crippen LogP contribution in [0.5, 0.6) is 5.75 Å². The number of benzene rings is 4. The second-order valence-electron chi connectivity index (χ2n) is 8.92. The molecule has 0 aromatic heterocycles. The third-order valence-corrected chi connectivity index (χ3v) is 6.66. The smallest absolute Gasteiger partial charge is 0.119 e. The maximum atomic E-state index is 8.67. The van der Waals surface area contributed by atoms with Crippen LogP contribution in [0.1, 0.15) is 22.3 Å². The normalized spacial score (nSPS) is 11.8.